The minimum atomic E-state index is 0.184. The van der Waals surface area contributed by atoms with Crippen molar-refractivity contribution in [1.29, 1.82) is 0 Å². The molecule has 4 rings (SSSR count). The first kappa shape index (κ1) is 19.3. The average Bonchev–Trinajstić information content (AvgIpc) is 3.06. The molecule has 0 radical (unpaired) electrons. The van der Waals surface area contributed by atoms with Gasteiger partial charge in [-0.15, -0.1) is 0 Å². The zero-order valence-electron chi connectivity index (χ0n) is 17.1. The van der Waals surface area contributed by atoms with E-state index >= 15 is 0 Å². The number of benzene rings is 2. The highest BCUT2D eigenvalue weighted by atomic mass is 16.3. The molecule has 0 unspecified atom stereocenters. The van der Waals surface area contributed by atoms with Crippen LogP contribution in [-0.2, 0) is 26.2 Å². The first-order valence-electron chi connectivity index (χ1n) is 10.6. The molecule has 0 spiro atoms. The van der Waals surface area contributed by atoms with Crippen molar-refractivity contribution >= 4 is 0 Å². The summed E-state index contributed by atoms with van der Waals surface area (Å²) < 4.78 is 0. The molecule has 2 N–H and O–H groups in total. The minimum absolute atomic E-state index is 0.184. The van der Waals surface area contributed by atoms with Gasteiger partial charge in [0, 0.05) is 37.8 Å². The highest BCUT2D eigenvalue weighted by Gasteiger charge is 2.22. The summed E-state index contributed by atoms with van der Waals surface area (Å²) in [6, 6.07) is 10.4. The summed E-state index contributed by atoms with van der Waals surface area (Å²) in [5.41, 5.74) is 6.01. The minimum Gasteiger partial charge on any atom is -0.508 e. The summed E-state index contributed by atoms with van der Waals surface area (Å²) in [5, 5.41) is 20.4. The van der Waals surface area contributed by atoms with Gasteiger partial charge < -0.3 is 10.2 Å². The number of piperidine rings is 1. The molecule has 0 saturated carbocycles. The maximum Gasteiger partial charge on any atom is 0.123 e. The van der Waals surface area contributed by atoms with E-state index in [1.807, 2.05) is 6.07 Å². The summed E-state index contributed by atoms with van der Waals surface area (Å²) in [5.74, 6) is 0.597. The highest BCUT2D eigenvalue weighted by molar-refractivity contribution is 5.46. The van der Waals surface area contributed by atoms with Crippen LogP contribution in [0.1, 0.15) is 66.8 Å². The average molecular weight is 381 g/mol. The molecule has 28 heavy (non-hydrogen) atoms. The molecule has 150 valence electrons. The zero-order chi connectivity index (χ0) is 19.7. The second kappa shape index (κ2) is 8.14. The predicted molar refractivity (Wildman–Crippen MR) is 112 cm³/mol. The van der Waals surface area contributed by atoms with E-state index in [9.17, 15) is 10.2 Å². The smallest absolute Gasteiger partial charge is 0.123 e. The molecule has 4 heteroatoms. The molecule has 2 aromatic rings. The van der Waals surface area contributed by atoms with Crippen LogP contribution in [0, 0.1) is 0 Å². The maximum atomic E-state index is 10.3. The fourth-order valence-corrected chi connectivity index (χ4v) is 4.58. The Hall–Kier alpha value is -2.04. The Balaban J connectivity index is 1.44. The monoisotopic (exact) mass is 380 g/mol. The number of nitrogens with zero attached hydrogens (tertiary/aromatic N) is 2. The Labute approximate surface area is 168 Å². The summed E-state index contributed by atoms with van der Waals surface area (Å²) in [6.45, 7) is 10.2. The molecule has 0 aliphatic carbocycles. The number of aromatic hydroxyl groups is 2. The van der Waals surface area contributed by atoms with Gasteiger partial charge in [0.2, 0.25) is 0 Å². The van der Waals surface area contributed by atoms with Gasteiger partial charge in [0.05, 0.1) is 0 Å². The Morgan fingerprint density at radius 1 is 0.821 bits per heavy atom. The SMILES string of the molecule is CC(C)c1cc(CN2Cc3ccc(CN4CCCCC4)cc3C2)c(O)cc1O. The van der Waals surface area contributed by atoms with Crippen molar-refractivity contribution in [2.75, 3.05) is 13.1 Å². The van der Waals surface area contributed by atoms with Gasteiger partial charge in [-0.3, -0.25) is 9.80 Å². The Morgan fingerprint density at radius 3 is 2.32 bits per heavy atom. The third-order valence-electron chi connectivity index (χ3n) is 6.16. The summed E-state index contributed by atoms with van der Waals surface area (Å²) in [7, 11) is 0. The van der Waals surface area contributed by atoms with Gasteiger partial charge in [-0.25, -0.2) is 0 Å². The Bertz CT molecular complexity index is 841. The van der Waals surface area contributed by atoms with E-state index in [0.29, 0.717) is 6.54 Å². The molecule has 2 aliphatic rings. The van der Waals surface area contributed by atoms with E-state index in [2.05, 4.69) is 41.8 Å². The fourth-order valence-electron chi connectivity index (χ4n) is 4.58. The molecule has 0 aromatic heterocycles. The number of fused-ring (bicyclic) bond motifs is 1. The molecule has 2 aromatic carbocycles. The van der Waals surface area contributed by atoms with Gasteiger partial charge in [0.1, 0.15) is 11.5 Å². The van der Waals surface area contributed by atoms with E-state index < -0.39 is 0 Å². The van der Waals surface area contributed by atoms with Crippen LogP contribution >= 0.6 is 0 Å². The second-order valence-corrected chi connectivity index (χ2v) is 8.78. The van der Waals surface area contributed by atoms with Gasteiger partial charge in [-0.1, -0.05) is 38.5 Å². The van der Waals surface area contributed by atoms with E-state index in [-0.39, 0.29) is 17.4 Å². The normalized spacial score (nSPS) is 18.0. The number of phenols is 2. The van der Waals surface area contributed by atoms with E-state index in [1.165, 1.54) is 55.1 Å². The predicted octanol–water partition coefficient (Wildman–Crippen LogP) is 4.72. The van der Waals surface area contributed by atoms with Crippen molar-refractivity contribution in [3.05, 3.63) is 58.1 Å². The topological polar surface area (TPSA) is 46.9 Å². The number of hydrogen-bond donors (Lipinski definition) is 2. The van der Waals surface area contributed by atoms with Crippen molar-refractivity contribution in [3.8, 4) is 11.5 Å². The van der Waals surface area contributed by atoms with Crippen LogP contribution < -0.4 is 0 Å². The molecule has 2 aliphatic heterocycles. The number of hydrogen-bond acceptors (Lipinski definition) is 4. The number of likely N-dealkylation sites (tertiary alicyclic amines) is 1. The van der Waals surface area contributed by atoms with Crippen LogP contribution in [0.2, 0.25) is 0 Å². The van der Waals surface area contributed by atoms with Crippen LogP contribution in [0.25, 0.3) is 0 Å². The molecular formula is C24H32N2O2. The third-order valence-corrected chi connectivity index (χ3v) is 6.16. The number of rotatable bonds is 5. The van der Waals surface area contributed by atoms with Crippen molar-refractivity contribution in [2.24, 2.45) is 0 Å². The van der Waals surface area contributed by atoms with Gasteiger partial charge in [-0.2, -0.15) is 0 Å². The van der Waals surface area contributed by atoms with Crippen molar-refractivity contribution < 1.29 is 10.2 Å². The van der Waals surface area contributed by atoms with Crippen LogP contribution in [0.5, 0.6) is 11.5 Å². The Kier molecular flexibility index (Phi) is 5.61. The molecule has 2 heterocycles. The van der Waals surface area contributed by atoms with E-state index in [4.69, 9.17) is 0 Å². The lowest BCUT2D eigenvalue weighted by atomic mass is 9.98. The lowest BCUT2D eigenvalue weighted by Crippen LogP contribution is -2.29. The summed E-state index contributed by atoms with van der Waals surface area (Å²) in [4.78, 5) is 4.94. The molecule has 1 fully saturated rings. The molecule has 0 bridgehead atoms. The van der Waals surface area contributed by atoms with E-state index in [0.717, 1.165) is 30.8 Å². The lowest BCUT2D eigenvalue weighted by Gasteiger charge is -2.26. The van der Waals surface area contributed by atoms with E-state index in [1.54, 1.807) is 0 Å². The molecule has 1 saturated heterocycles. The van der Waals surface area contributed by atoms with Crippen LogP contribution in [0.3, 0.4) is 0 Å². The molecule has 4 nitrogen and oxygen atoms in total. The fraction of sp³-hybridized carbons (Fsp3) is 0.500. The van der Waals surface area contributed by atoms with Crippen molar-refractivity contribution in [3.63, 3.8) is 0 Å². The third kappa shape index (κ3) is 4.18. The highest BCUT2D eigenvalue weighted by Crippen LogP contribution is 2.34. The van der Waals surface area contributed by atoms with Crippen molar-refractivity contribution in [2.45, 2.75) is 65.2 Å². The molecule has 0 amide bonds. The zero-order valence-corrected chi connectivity index (χ0v) is 17.1. The van der Waals surface area contributed by atoms with Gasteiger partial charge >= 0.3 is 0 Å². The van der Waals surface area contributed by atoms with Crippen LogP contribution in [-0.4, -0.2) is 33.1 Å². The van der Waals surface area contributed by atoms with Gasteiger partial charge in [0.25, 0.3) is 0 Å². The molecular weight excluding hydrogens is 348 g/mol. The lowest BCUT2D eigenvalue weighted by molar-refractivity contribution is 0.221. The largest absolute Gasteiger partial charge is 0.508 e. The standard InChI is InChI=1S/C24H32N2O2/c1-17(2)22-11-21(23(27)12-24(22)28)16-26-14-19-7-6-18(10-20(19)15-26)13-25-8-4-3-5-9-25/h6-7,10-12,17,27-28H,3-5,8-9,13-16H2,1-2H3. The van der Waals surface area contributed by atoms with Gasteiger partial charge in [0.15, 0.2) is 0 Å². The van der Waals surface area contributed by atoms with Crippen molar-refractivity contribution in [1.82, 2.24) is 9.80 Å². The quantitative estimate of drug-likeness (QED) is 0.788. The van der Waals surface area contributed by atoms with Crippen LogP contribution in [0.4, 0.5) is 0 Å². The summed E-state index contributed by atoms with van der Waals surface area (Å²) in [6.07, 6.45) is 4.03. The Morgan fingerprint density at radius 2 is 1.57 bits per heavy atom. The van der Waals surface area contributed by atoms with Gasteiger partial charge in [-0.05, 0) is 60.2 Å². The van der Waals surface area contributed by atoms with Crippen LogP contribution in [0.15, 0.2) is 30.3 Å². The second-order valence-electron chi connectivity index (χ2n) is 8.78. The molecule has 0 atom stereocenters. The first-order valence-corrected chi connectivity index (χ1v) is 10.6. The first-order chi connectivity index (χ1) is 13.5. The number of phenolic OH excluding ortho intramolecular Hbond substituents is 2. The summed E-state index contributed by atoms with van der Waals surface area (Å²) >= 11 is 0. The maximum absolute atomic E-state index is 10.3.